The van der Waals surface area contributed by atoms with E-state index in [0.717, 1.165) is 0 Å². The fourth-order valence-electron chi connectivity index (χ4n) is 2.36. The van der Waals surface area contributed by atoms with E-state index < -0.39 is 0 Å². The number of rotatable bonds is 6. The number of likely N-dealkylation sites (N-methyl/N-ethyl adjacent to an activating group) is 1. The lowest BCUT2D eigenvalue weighted by molar-refractivity contribution is 0.0347. The highest BCUT2D eigenvalue weighted by Crippen LogP contribution is 2.31. The number of benzene rings is 2. The van der Waals surface area contributed by atoms with Crippen molar-refractivity contribution in [3.05, 3.63) is 71.8 Å². The van der Waals surface area contributed by atoms with Crippen LogP contribution >= 0.6 is 0 Å². The van der Waals surface area contributed by atoms with E-state index in [0.29, 0.717) is 6.61 Å². The molecule has 0 bridgehead atoms. The van der Waals surface area contributed by atoms with Crippen LogP contribution in [-0.2, 0) is 4.74 Å². The second-order valence-electron chi connectivity index (χ2n) is 4.46. The Morgan fingerprint density at radius 3 is 1.89 bits per heavy atom. The van der Waals surface area contributed by atoms with Crippen molar-refractivity contribution in [2.24, 2.45) is 0 Å². The molecule has 2 heteroatoms. The van der Waals surface area contributed by atoms with E-state index in [1.54, 1.807) is 0 Å². The van der Waals surface area contributed by atoms with Crippen LogP contribution in [0.1, 0.15) is 30.2 Å². The van der Waals surface area contributed by atoms with Crippen molar-refractivity contribution in [1.82, 2.24) is 5.32 Å². The highest BCUT2D eigenvalue weighted by Gasteiger charge is 2.23. The summed E-state index contributed by atoms with van der Waals surface area (Å²) in [6.07, 6.45) is 0.0265. The fourth-order valence-corrected chi connectivity index (χ4v) is 2.36. The molecule has 0 radical (unpaired) electrons. The predicted octanol–water partition coefficient (Wildman–Crippen LogP) is 3.72. The largest absolute Gasteiger partial charge is 0.372 e. The molecule has 0 aliphatic rings. The smallest absolute Gasteiger partial charge is 0.102 e. The molecule has 2 unspecified atom stereocenters. The fraction of sp³-hybridized carbons (Fsp3) is 0.294. The summed E-state index contributed by atoms with van der Waals surface area (Å²) in [7, 11) is 1.98. The Morgan fingerprint density at radius 1 is 0.895 bits per heavy atom. The molecule has 2 aromatic rings. The predicted molar refractivity (Wildman–Crippen MR) is 79.1 cm³/mol. The minimum Gasteiger partial charge on any atom is -0.372 e. The van der Waals surface area contributed by atoms with Gasteiger partial charge in [-0.3, -0.25) is 0 Å². The van der Waals surface area contributed by atoms with E-state index in [9.17, 15) is 0 Å². The van der Waals surface area contributed by atoms with E-state index in [1.165, 1.54) is 11.1 Å². The van der Waals surface area contributed by atoms with Crippen LogP contribution in [0.3, 0.4) is 0 Å². The second kappa shape index (κ2) is 7.07. The second-order valence-corrected chi connectivity index (χ2v) is 4.46. The van der Waals surface area contributed by atoms with Gasteiger partial charge in [-0.2, -0.15) is 0 Å². The highest BCUT2D eigenvalue weighted by atomic mass is 16.5. The zero-order chi connectivity index (χ0) is 13.5. The van der Waals surface area contributed by atoms with Gasteiger partial charge in [-0.25, -0.2) is 0 Å². The third-order valence-corrected chi connectivity index (χ3v) is 3.25. The number of nitrogens with one attached hydrogen (secondary N) is 1. The molecule has 0 aliphatic carbocycles. The van der Waals surface area contributed by atoms with Gasteiger partial charge < -0.3 is 10.1 Å². The van der Waals surface area contributed by atoms with E-state index >= 15 is 0 Å². The molecule has 0 saturated carbocycles. The summed E-state index contributed by atoms with van der Waals surface area (Å²) < 4.78 is 5.97. The van der Waals surface area contributed by atoms with Crippen LogP contribution < -0.4 is 5.32 Å². The Kier molecular flexibility index (Phi) is 5.13. The van der Waals surface area contributed by atoms with Crippen molar-refractivity contribution in [1.29, 1.82) is 0 Å². The van der Waals surface area contributed by atoms with E-state index in [-0.39, 0.29) is 12.1 Å². The van der Waals surface area contributed by atoms with Gasteiger partial charge in [-0.1, -0.05) is 60.7 Å². The lowest BCUT2D eigenvalue weighted by Gasteiger charge is -2.27. The standard InChI is InChI=1S/C17H21NO/c1-3-19-17(15-12-8-5-9-13-15)16(18-2)14-10-6-4-7-11-14/h4-13,16-18H,3H2,1-2H3. The quantitative estimate of drug-likeness (QED) is 0.849. The topological polar surface area (TPSA) is 21.3 Å². The molecule has 0 spiro atoms. The average Bonchev–Trinajstić information content (AvgIpc) is 2.49. The Bertz CT molecular complexity index is 469. The SMILES string of the molecule is CCOC(c1ccccc1)C(NC)c1ccccc1. The maximum atomic E-state index is 5.97. The summed E-state index contributed by atoms with van der Waals surface area (Å²) in [5, 5.41) is 3.38. The zero-order valence-electron chi connectivity index (χ0n) is 11.5. The minimum absolute atomic E-state index is 0.0265. The first-order chi connectivity index (χ1) is 9.36. The maximum absolute atomic E-state index is 5.97. The average molecular weight is 255 g/mol. The Morgan fingerprint density at radius 2 is 1.42 bits per heavy atom. The van der Waals surface area contributed by atoms with Gasteiger partial charge in [0.05, 0.1) is 6.04 Å². The van der Waals surface area contributed by atoms with Crippen molar-refractivity contribution in [3.63, 3.8) is 0 Å². The molecule has 0 aliphatic heterocycles. The van der Waals surface area contributed by atoms with Crippen LogP contribution in [0.25, 0.3) is 0 Å². The van der Waals surface area contributed by atoms with Gasteiger partial charge in [-0.15, -0.1) is 0 Å². The Balaban J connectivity index is 2.31. The summed E-state index contributed by atoms with van der Waals surface area (Å²) in [5.74, 6) is 0. The van der Waals surface area contributed by atoms with Gasteiger partial charge in [0.25, 0.3) is 0 Å². The molecule has 2 atom stereocenters. The Hall–Kier alpha value is -1.64. The van der Waals surface area contributed by atoms with E-state index in [2.05, 4.69) is 53.8 Å². The minimum atomic E-state index is 0.0265. The van der Waals surface area contributed by atoms with Crippen molar-refractivity contribution < 1.29 is 4.74 Å². The first-order valence-corrected chi connectivity index (χ1v) is 6.75. The monoisotopic (exact) mass is 255 g/mol. The maximum Gasteiger partial charge on any atom is 0.102 e. The van der Waals surface area contributed by atoms with Crippen molar-refractivity contribution in [3.8, 4) is 0 Å². The molecular formula is C17H21NO. The lowest BCUT2D eigenvalue weighted by atomic mass is 9.96. The molecule has 2 nitrogen and oxygen atoms in total. The molecule has 1 N–H and O–H groups in total. The molecule has 19 heavy (non-hydrogen) atoms. The number of hydrogen-bond donors (Lipinski definition) is 1. The van der Waals surface area contributed by atoms with Crippen molar-refractivity contribution >= 4 is 0 Å². The summed E-state index contributed by atoms with van der Waals surface area (Å²) in [6, 6.07) is 21.0. The van der Waals surface area contributed by atoms with Crippen molar-refractivity contribution in [2.75, 3.05) is 13.7 Å². The number of hydrogen-bond acceptors (Lipinski definition) is 2. The van der Waals surface area contributed by atoms with Crippen LogP contribution in [0.2, 0.25) is 0 Å². The zero-order valence-corrected chi connectivity index (χ0v) is 11.5. The molecule has 2 rings (SSSR count). The van der Waals surface area contributed by atoms with Crippen molar-refractivity contribution in [2.45, 2.75) is 19.1 Å². The van der Waals surface area contributed by atoms with Gasteiger partial charge in [0.15, 0.2) is 0 Å². The summed E-state index contributed by atoms with van der Waals surface area (Å²) >= 11 is 0. The molecule has 0 saturated heterocycles. The molecule has 0 amide bonds. The normalized spacial score (nSPS) is 14.0. The summed E-state index contributed by atoms with van der Waals surface area (Å²) in [5.41, 5.74) is 2.44. The summed E-state index contributed by atoms with van der Waals surface area (Å²) in [6.45, 7) is 2.73. The lowest BCUT2D eigenvalue weighted by Crippen LogP contribution is -2.25. The first kappa shape index (κ1) is 13.8. The van der Waals surface area contributed by atoms with Gasteiger partial charge in [0, 0.05) is 6.61 Å². The number of ether oxygens (including phenoxy) is 1. The molecule has 0 fully saturated rings. The van der Waals surface area contributed by atoms with Crippen LogP contribution in [0.15, 0.2) is 60.7 Å². The first-order valence-electron chi connectivity index (χ1n) is 6.75. The highest BCUT2D eigenvalue weighted by molar-refractivity contribution is 5.26. The molecule has 0 heterocycles. The third kappa shape index (κ3) is 3.43. The van der Waals surface area contributed by atoms with Gasteiger partial charge in [0.2, 0.25) is 0 Å². The van der Waals surface area contributed by atoms with Gasteiger partial charge in [-0.05, 0) is 25.1 Å². The van der Waals surface area contributed by atoms with Crippen LogP contribution in [0, 0.1) is 0 Å². The molecule has 0 aromatic heterocycles. The van der Waals surface area contributed by atoms with Gasteiger partial charge in [0.1, 0.15) is 6.10 Å². The third-order valence-electron chi connectivity index (χ3n) is 3.25. The van der Waals surface area contributed by atoms with Crippen LogP contribution in [0.4, 0.5) is 0 Å². The van der Waals surface area contributed by atoms with E-state index in [1.807, 2.05) is 26.1 Å². The molecule has 2 aromatic carbocycles. The van der Waals surface area contributed by atoms with Crippen LogP contribution in [0.5, 0.6) is 0 Å². The Labute approximate surface area is 115 Å². The van der Waals surface area contributed by atoms with E-state index in [4.69, 9.17) is 4.74 Å². The van der Waals surface area contributed by atoms with Gasteiger partial charge >= 0.3 is 0 Å². The van der Waals surface area contributed by atoms with Crippen LogP contribution in [-0.4, -0.2) is 13.7 Å². The summed E-state index contributed by atoms with van der Waals surface area (Å²) in [4.78, 5) is 0. The molecule has 100 valence electrons. The molecular weight excluding hydrogens is 234 g/mol.